The van der Waals surface area contributed by atoms with Gasteiger partial charge in [0.15, 0.2) is 5.82 Å². The molecule has 0 aromatic carbocycles. The van der Waals surface area contributed by atoms with Crippen LogP contribution in [0, 0.1) is 0 Å². The minimum Gasteiger partial charge on any atom is -0.381 e. The van der Waals surface area contributed by atoms with Crippen LogP contribution in [0.15, 0.2) is 11.1 Å². The van der Waals surface area contributed by atoms with E-state index in [4.69, 9.17) is 5.73 Å². The molecule has 0 aliphatic heterocycles. The Morgan fingerprint density at radius 2 is 2.16 bits per heavy atom. The molecular formula is C11H23N5O2S. The number of nitrogens with two attached hydrogens (primary N) is 1. The molecule has 0 saturated carbocycles. The molecule has 0 fully saturated rings. The summed E-state index contributed by atoms with van der Waals surface area (Å²) in [6.45, 7) is 7.53. The topological polar surface area (TPSA) is 93.2 Å². The highest BCUT2D eigenvalue weighted by molar-refractivity contribution is 7.89. The van der Waals surface area contributed by atoms with Crippen molar-refractivity contribution in [2.45, 2.75) is 38.3 Å². The van der Waals surface area contributed by atoms with E-state index in [1.807, 2.05) is 14.0 Å². The first-order valence-electron chi connectivity index (χ1n) is 6.30. The van der Waals surface area contributed by atoms with Crippen molar-refractivity contribution in [1.29, 1.82) is 0 Å². The Labute approximate surface area is 114 Å². The maximum Gasteiger partial charge on any atom is 0.245 e. The zero-order chi connectivity index (χ0) is 14.6. The number of hydrogen-bond donors (Lipinski definition) is 2. The summed E-state index contributed by atoms with van der Waals surface area (Å²) in [5, 5.41) is 3.93. The summed E-state index contributed by atoms with van der Waals surface area (Å²) < 4.78 is 28.2. The van der Waals surface area contributed by atoms with Crippen LogP contribution in [0.5, 0.6) is 0 Å². The number of nitrogens with zero attached hydrogens (tertiary/aromatic N) is 3. The lowest BCUT2D eigenvalue weighted by molar-refractivity contribution is 0.278. The molecule has 1 aromatic rings. The highest BCUT2D eigenvalue weighted by Gasteiger charge is 2.20. The third kappa shape index (κ3) is 4.19. The van der Waals surface area contributed by atoms with Gasteiger partial charge in [0.1, 0.15) is 4.90 Å². The predicted octanol–water partition coefficient (Wildman–Crippen LogP) is 0.104. The van der Waals surface area contributed by atoms with E-state index in [0.717, 1.165) is 0 Å². The lowest BCUT2D eigenvalue weighted by Crippen LogP contribution is -2.36. The van der Waals surface area contributed by atoms with E-state index in [1.165, 1.54) is 10.9 Å². The van der Waals surface area contributed by atoms with Gasteiger partial charge in [0.25, 0.3) is 0 Å². The van der Waals surface area contributed by atoms with Crippen LogP contribution in [0.4, 0.5) is 5.82 Å². The maximum atomic E-state index is 12.1. The van der Waals surface area contributed by atoms with E-state index >= 15 is 0 Å². The molecule has 8 heteroatoms. The number of likely N-dealkylation sites (N-methyl/N-ethyl adjacent to an activating group) is 1. The van der Waals surface area contributed by atoms with E-state index < -0.39 is 10.0 Å². The molecule has 0 bridgehead atoms. The lowest BCUT2D eigenvalue weighted by Gasteiger charge is -2.20. The molecule has 0 atom stereocenters. The van der Waals surface area contributed by atoms with Gasteiger partial charge in [0, 0.05) is 31.9 Å². The number of sulfonamides is 1. The minimum atomic E-state index is -3.59. The number of hydrogen-bond acceptors (Lipinski definition) is 5. The van der Waals surface area contributed by atoms with Gasteiger partial charge in [0.05, 0.1) is 0 Å². The Balaban J connectivity index is 2.68. The van der Waals surface area contributed by atoms with Crippen LogP contribution in [0.1, 0.15) is 20.8 Å². The van der Waals surface area contributed by atoms with Crippen molar-refractivity contribution in [2.24, 2.45) is 0 Å². The van der Waals surface area contributed by atoms with Crippen LogP contribution in [-0.2, 0) is 16.6 Å². The fourth-order valence-corrected chi connectivity index (χ4v) is 2.57. The predicted molar refractivity (Wildman–Crippen MR) is 75.3 cm³/mol. The summed E-state index contributed by atoms with van der Waals surface area (Å²) in [7, 11) is -1.64. The number of rotatable bonds is 7. The smallest absolute Gasteiger partial charge is 0.245 e. The standard InChI is InChI=1S/C11H23N5O2S/c1-5-16-8-10(11(12)14-16)19(17,18)13-6-7-15(4)9(2)3/h8-9,13H,5-7H2,1-4H3,(H2,12,14). The molecule has 7 nitrogen and oxygen atoms in total. The Bertz CT molecular complexity index is 509. The van der Waals surface area contributed by atoms with Gasteiger partial charge in [-0.1, -0.05) is 0 Å². The summed E-state index contributed by atoms with van der Waals surface area (Å²) in [4.78, 5) is 2.10. The third-order valence-corrected chi connectivity index (χ3v) is 4.48. The van der Waals surface area contributed by atoms with Crippen LogP contribution in [0.2, 0.25) is 0 Å². The zero-order valence-electron chi connectivity index (χ0n) is 11.9. The van der Waals surface area contributed by atoms with Crippen LogP contribution in [-0.4, -0.2) is 49.3 Å². The Hall–Kier alpha value is -1.12. The minimum absolute atomic E-state index is 0.0339. The molecule has 19 heavy (non-hydrogen) atoms. The van der Waals surface area contributed by atoms with E-state index in [1.54, 1.807) is 0 Å². The SMILES string of the molecule is CCn1cc(S(=O)(=O)NCCN(C)C(C)C)c(N)n1. The molecule has 0 amide bonds. The van der Waals surface area contributed by atoms with Crippen molar-refractivity contribution in [3.05, 3.63) is 6.20 Å². The largest absolute Gasteiger partial charge is 0.381 e. The number of nitrogens with one attached hydrogen (secondary N) is 1. The van der Waals surface area contributed by atoms with E-state index in [-0.39, 0.29) is 10.7 Å². The first kappa shape index (κ1) is 15.9. The van der Waals surface area contributed by atoms with Crippen molar-refractivity contribution < 1.29 is 8.42 Å². The first-order chi connectivity index (χ1) is 8.77. The van der Waals surface area contributed by atoms with E-state index in [2.05, 4.69) is 28.6 Å². The van der Waals surface area contributed by atoms with E-state index in [9.17, 15) is 8.42 Å². The van der Waals surface area contributed by atoms with Crippen molar-refractivity contribution in [1.82, 2.24) is 19.4 Å². The molecule has 110 valence electrons. The van der Waals surface area contributed by atoms with Gasteiger partial charge < -0.3 is 10.6 Å². The summed E-state index contributed by atoms with van der Waals surface area (Å²) >= 11 is 0. The van der Waals surface area contributed by atoms with Crippen LogP contribution in [0.3, 0.4) is 0 Å². The molecular weight excluding hydrogens is 266 g/mol. The van der Waals surface area contributed by atoms with Crippen LogP contribution >= 0.6 is 0 Å². The Morgan fingerprint density at radius 3 is 2.63 bits per heavy atom. The molecule has 1 aromatic heterocycles. The van der Waals surface area contributed by atoms with Crippen molar-refractivity contribution in [3.8, 4) is 0 Å². The number of aryl methyl sites for hydroxylation is 1. The molecule has 3 N–H and O–H groups in total. The molecule has 0 saturated heterocycles. The average Bonchev–Trinajstić information content (AvgIpc) is 2.70. The quantitative estimate of drug-likeness (QED) is 0.743. The summed E-state index contributed by atoms with van der Waals surface area (Å²) in [6.07, 6.45) is 1.45. The zero-order valence-corrected chi connectivity index (χ0v) is 12.7. The molecule has 0 spiro atoms. The third-order valence-electron chi connectivity index (χ3n) is 3.01. The van der Waals surface area contributed by atoms with Crippen LogP contribution < -0.4 is 10.5 Å². The molecule has 1 rings (SSSR count). The second-order valence-corrected chi connectivity index (χ2v) is 6.44. The Morgan fingerprint density at radius 1 is 1.53 bits per heavy atom. The molecule has 0 aliphatic carbocycles. The molecule has 0 radical (unpaired) electrons. The van der Waals surface area contributed by atoms with Gasteiger partial charge in [-0.15, -0.1) is 0 Å². The van der Waals surface area contributed by atoms with Crippen molar-refractivity contribution in [3.63, 3.8) is 0 Å². The fraction of sp³-hybridized carbons (Fsp3) is 0.727. The normalized spacial score (nSPS) is 12.5. The van der Waals surface area contributed by atoms with Gasteiger partial charge in [-0.3, -0.25) is 4.68 Å². The van der Waals surface area contributed by atoms with Crippen LogP contribution in [0.25, 0.3) is 0 Å². The van der Waals surface area contributed by atoms with Gasteiger partial charge in [-0.25, -0.2) is 13.1 Å². The van der Waals surface area contributed by atoms with Crippen molar-refractivity contribution in [2.75, 3.05) is 25.9 Å². The average molecular weight is 289 g/mol. The summed E-state index contributed by atoms with van der Waals surface area (Å²) in [5.41, 5.74) is 5.62. The first-order valence-corrected chi connectivity index (χ1v) is 7.79. The monoisotopic (exact) mass is 289 g/mol. The number of aromatic nitrogens is 2. The number of nitrogen functional groups attached to an aromatic ring is 1. The Kier molecular flexibility index (Phi) is 5.33. The highest BCUT2D eigenvalue weighted by atomic mass is 32.2. The highest BCUT2D eigenvalue weighted by Crippen LogP contribution is 2.15. The second kappa shape index (κ2) is 6.36. The lowest BCUT2D eigenvalue weighted by atomic mass is 10.3. The summed E-state index contributed by atoms with van der Waals surface area (Å²) in [5.74, 6) is 0.0339. The van der Waals surface area contributed by atoms with E-state index in [0.29, 0.717) is 25.7 Å². The number of anilines is 1. The second-order valence-electron chi connectivity index (χ2n) is 4.71. The molecule has 0 unspecified atom stereocenters. The summed E-state index contributed by atoms with van der Waals surface area (Å²) in [6, 6.07) is 0.373. The molecule has 0 aliphatic rings. The van der Waals surface area contributed by atoms with Gasteiger partial charge >= 0.3 is 0 Å². The fourth-order valence-electron chi connectivity index (χ4n) is 1.48. The van der Waals surface area contributed by atoms with Crippen molar-refractivity contribution >= 4 is 15.8 Å². The van der Waals surface area contributed by atoms with Gasteiger partial charge in [0.2, 0.25) is 10.0 Å². The van der Waals surface area contributed by atoms with Gasteiger partial charge in [-0.05, 0) is 27.8 Å². The molecule has 1 heterocycles. The maximum absolute atomic E-state index is 12.1. The van der Waals surface area contributed by atoms with Gasteiger partial charge in [-0.2, -0.15) is 5.10 Å².